The maximum absolute atomic E-state index is 11.7. The van der Waals surface area contributed by atoms with Gasteiger partial charge >= 0.3 is 5.97 Å². The Labute approximate surface area is 153 Å². The Bertz CT molecular complexity index is 978. The molecule has 7 heteroatoms. The minimum absolute atomic E-state index is 0.133. The first-order valence-corrected chi connectivity index (χ1v) is 9.09. The highest BCUT2D eigenvalue weighted by Crippen LogP contribution is 2.30. The number of rotatable bonds is 6. The highest BCUT2D eigenvalue weighted by molar-refractivity contribution is 7.80. The van der Waals surface area contributed by atoms with Crippen LogP contribution in [0.5, 0.6) is 0 Å². The number of hydrogen-bond donors (Lipinski definition) is 1. The summed E-state index contributed by atoms with van der Waals surface area (Å²) in [5.74, 6) is -1.28. The molecule has 0 aliphatic carbocycles. The van der Waals surface area contributed by atoms with Gasteiger partial charge in [-0.2, -0.15) is 0 Å². The van der Waals surface area contributed by atoms with Crippen LogP contribution in [-0.4, -0.2) is 26.4 Å². The molecule has 0 aliphatic heterocycles. The molecule has 0 fully saturated rings. The molecule has 3 rings (SSSR count). The first-order chi connectivity index (χ1) is 12.4. The Hall–Kier alpha value is -2.64. The number of hydrogen-bond acceptors (Lipinski definition) is 4. The molecule has 0 aliphatic rings. The Morgan fingerprint density at radius 2 is 1.88 bits per heavy atom. The van der Waals surface area contributed by atoms with E-state index in [2.05, 4.69) is 0 Å². The summed E-state index contributed by atoms with van der Waals surface area (Å²) in [5.41, 5.74) is 3.55. The highest BCUT2D eigenvalue weighted by atomic mass is 32.2. The van der Waals surface area contributed by atoms with Gasteiger partial charge in [0.1, 0.15) is 5.58 Å². The number of furan rings is 1. The summed E-state index contributed by atoms with van der Waals surface area (Å²) in [7, 11) is 0. The van der Waals surface area contributed by atoms with Gasteiger partial charge in [-0.15, -0.1) is 0 Å². The molecule has 0 radical (unpaired) electrons. The molecule has 6 nitrogen and oxygen atoms in total. The van der Waals surface area contributed by atoms with Gasteiger partial charge in [0.25, 0.3) is 0 Å². The second kappa shape index (κ2) is 7.31. The van der Waals surface area contributed by atoms with E-state index in [-0.39, 0.29) is 12.3 Å². The monoisotopic (exact) mass is 372 g/mol. The third-order valence-corrected chi connectivity index (χ3v) is 5.06. The number of carbonyl (C=O) groups is 1. The SMILES string of the molecule is Cc1ccc(CCN(c2ccc3oc(C(=O)O)c(C)c3c2)S(=O)[O-])cc1. The molecule has 0 saturated carbocycles. The summed E-state index contributed by atoms with van der Waals surface area (Å²) < 4.78 is 30.0. The third kappa shape index (κ3) is 3.63. The van der Waals surface area contributed by atoms with Crippen LogP contribution in [0.3, 0.4) is 0 Å². The van der Waals surface area contributed by atoms with Crippen LogP contribution in [-0.2, 0) is 17.7 Å². The number of aromatic carboxylic acids is 1. The van der Waals surface area contributed by atoms with Crippen LogP contribution in [0.25, 0.3) is 11.0 Å². The first-order valence-electron chi connectivity index (χ1n) is 8.05. The normalized spacial score (nSPS) is 12.3. The molecule has 1 heterocycles. The fourth-order valence-electron chi connectivity index (χ4n) is 2.84. The van der Waals surface area contributed by atoms with Crippen molar-refractivity contribution in [3.05, 3.63) is 64.9 Å². The average molecular weight is 372 g/mol. The smallest absolute Gasteiger partial charge is 0.372 e. The van der Waals surface area contributed by atoms with Gasteiger partial charge < -0.3 is 18.4 Å². The standard InChI is InChI=1S/C19H19NO5S/c1-12-3-5-14(6-4-12)9-10-20(26(23)24)15-7-8-17-16(11-15)13(2)18(25-17)19(21)22/h3-8,11H,9-10H2,1-2H3,(H,21,22)(H,23,24)/p-1. The molecular formula is C19H18NO5S-. The predicted molar refractivity (Wildman–Crippen MR) is 99.1 cm³/mol. The number of fused-ring (bicyclic) bond motifs is 1. The molecule has 136 valence electrons. The number of carboxylic acid groups (broad SMARTS) is 1. The first kappa shape index (κ1) is 18.2. The molecular weight excluding hydrogens is 354 g/mol. The lowest BCUT2D eigenvalue weighted by Crippen LogP contribution is -2.27. The van der Waals surface area contributed by atoms with Crippen molar-refractivity contribution in [2.75, 3.05) is 10.8 Å². The van der Waals surface area contributed by atoms with Gasteiger partial charge in [-0.25, -0.2) is 4.79 Å². The van der Waals surface area contributed by atoms with Gasteiger partial charge in [-0.05, 0) is 44.0 Å². The number of nitrogens with zero attached hydrogens (tertiary/aromatic N) is 1. The molecule has 1 N–H and O–H groups in total. The fourth-order valence-corrected chi connectivity index (χ4v) is 3.37. The largest absolute Gasteiger partial charge is 0.755 e. The number of anilines is 1. The van der Waals surface area contributed by atoms with E-state index in [1.165, 1.54) is 4.31 Å². The second-order valence-corrected chi connectivity index (χ2v) is 6.97. The Morgan fingerprint density at radius 1 is 1.19 bits per heavy atom. The van der Waals surface area contributed by atoms with Crippen molar-refractivity contribution in [1.82, 2.24) is 0 Å². The summed E-state index contributed by atoms with van der Waals surface area (Å²) in [6.45, 7) is 3.92. The molecule has 1 aromatic heterocycles. The van der Waals surface area contributed by atoms with Crippen molar-refractivity contribution in [1.29, 1.82) is 0 Å². The molecule has 26 heavy (non-hydrogen) atoms. The molecule has 0 amide bonds. The van der Waals surface area contributed by atoms with E-state index in [1.807, 2.05) is 31.2 Å². The van der Waals surface area contributed by atoms with Crippen molar-refractivity contribution >= 4 is 33.9 Å². The van der Waals surface area contributed by atoms with E-state index in [4.69, 9.17) is 9.52 Å². The van der Waals surface area contributed by atoms with Crippen LogP contribution in [0.2, 0.25) is 0 Å². The van der Waals surface area contributed by atoms with E-state index in [0.717, 1.165) is 11.1 Å². The Morgan fingerprint density at radius 3 is 2.50 bits per heavy atom. The molecule has 1 unspecified atom stereocenters. The zero-order valence-corrected chi connectivity index (χ0v) is 15.2. The average Bonchev–Trinajstić information content (AvgIpc) is 2.93. The topological polar surface area (TPSA) is 93.8 Å². The molecule has 1 atom stereocenters. The lowest BCUT2D eigenvalue weighted by Gasteiger charge is -2.26. The zero-order valence-electron chi connectivity index (χ0n) is 14.4. The maximum atomic E-state index is 11.7. The molecule has 0 bridgehead atoms. The lowest BCUT2D eigenvalue weighted by molar-refractivity contribution is 0.0664. The minimum atomic E-state index is -2.45. The molecule has 0 saturated heterocycles. The second-order valence-electron chi connectivity index (χ2n) is 6.10. The highest BCUT2D eigenvalue weighted by Gasteiger charge is 2.18. The van der Waals surface area contributed by atoms with Crippen LogP contribution >= 0.6 is 0 Å². The number of carboxylic acids is 1. The zero-order chi connectivity index (χ0) is 18.8. The summed E-state index contributed by atoms with van der Waals surface area (Å²) >= 11 is -2.45. The van der Waals surface area contributed by atoms with Crippen LogP contribution < -0.4 is 4.31 Å². The maximum Gasteiger partial charge on any atom is 0.372 e. The van der Waals surface area contributed by atoms with Gasteiger partial charge in [0.05, 0.1) is 0 Å². The van der Waals surface area contributed by atoms with Crippen LogP contribution in [0.1, 0.15) is 27.2 Å². The third-order valence-electron chi connectivity index (χ3n) is 4.31. The number of benzene rings is 2. The van der Waals surface area contributed by atoms with Gasteiger partial charge in [0.15, 0.2) is 0 Å². The molecule has 3 aromatic rings. The minimum Gasteiger partial charge on any atom is -0.755 e. The van der Waals surface area contributed by atoms with Gasteiger partial charge in [0.2, 0.25) is 5.76 Å². The van der Waals surface area contributed by atoms with Gasteiger partial charge in [-0.1, -0.05) is 29.8 Å². The van der Waals surface area contributed by atoms with Gasteiger partial charge in [0, 0.05) is 34.4 Å². The molecule has 0 spiro atoms. The van der Waals surface area contributed by atoms with Crippen molar-refractivity contribution in [3.63, 3.8) is 0 Å². The summed E-state index contributed by atoms with van der Waals surface area (Å²) in [5, 5.41) is 9.75. The summed E-state index contributed by atoms with van der Waals surface area (Å²) in [4.78, 5) is 11.2. The van der Waals surface area contributed by atoms with E-state index < -0.39 is 17.2 Å². The van der Waals surface area contributed by atoms with Crippen molar-refractivity contribution in [2.45, 2.75) is 20.3 Å². The lowest BCUT2D eigenvalue weighted by atomic mass is 10.1. The Balaban J connectivity index is 1.89. The number of aryl methyl sites for hydroxylation is 2. The Kier molecular flexibility index (Phi) is 5.11. The van der Waals surface area contributed by atoms with Crippen molar-refractivity contribution < 1.29 is 23.1 Å². The quantitative estimate of drug-likeness (QED) is 0.667. The summed E-state index contributed by atoms with van der Waals surface area (Å²) in [6.07, 6.45) is 0.567. The van der Waals surface area contributed by atoms with Crippen molar-refractivity contribution in [3.8, 4) is 0 Å². The van der Waals surface area contributed by atoms with E-state index in [0.29, 0.717) is 28.6 Å². The van der Waals surface area contributed by atoms with Crippen molar-refractivity contribution in [2.24, 2.45) is 0 Å². The molecule has 2 aromatic carbocycles. The van der Waals surface area contributed by atoms with E-state index in [1.54, 1.807) is 25.1 Å². The van der Waals surface area contributed by atoms with Gasteiger partial charge in [-0.3, -0.25) is 4.21 Å². The van der Waals surface area contributed by atoms with E-state index in [9.17, 15) is 13.6 Å². The summed E-state index contributed by atoms with van der Waals surface area (Å²) in [6, 6.07) is 12.8. The van der Waals surface area contributed by atoms with Crippen LogP contribution in [0.15, 0.2) is 46.9 Å². The fraction of sp³-hybridized carbons (Fsp3) is 0.211. The van der Waals surface area contributed by atoms with Crippen LogP contribution in [0, 0.1) is 13.8 Å². The van der Waals surface area contributed by atoms with E-state index >= 15 is 0 Å². The van der Waals surface area contributed by atoms with Crippen LogP contribution in [0.4, 0.5) is 5.69 Å². The predicted octanol–water partition coefficient (Wildman–Crippen LogP) is 3.59.